The molecular weight excluding hydrogens is 578 g/mol. The third kappa shape index (κ3) is 18.4. The normalized spacial score (nSPS) is 15.0. The Labute approximate surface area is 283 Å². The fraction of sp³-hybridized carbons (Fsp3) is 0.872. The van der Waals surface area contributed by atoms with Crippen LogP contribution in [-0.2, 0) is 14.4 Å². The van der Waals surface area contributed by atoms with Crippen LogP contribution < -0.4 is 0 Å². The fourth-order valence-corrected chi connectivity index (χ4v) is 7.34. The second-order valence-electron chi connectivity index (χ2n) is 13.7. The van der Waals surface area contributed by atoms with Crippen LogP contribution in [0.4, 0.5) is 0 Å². The van der Waals surface area contributed by atoms with Crippen LogP contribution in [0.1, 0.15) is 195 Å². The van der Waals surface area contributed by atoms with Crippen molar-refractivity contribution in [1.82, 2.24) is 0 Å². The minimum Gasteiger partial charge on any atom is -0.477 e. The molecule has 0 fully saturated rings. The van der Waals surface area contributed by atoms with E-state index >= 15 is 0 Å². The van der Waals surface area contributed by atoms with Gasteiger partial charge in [0.1, 0.15) is 0 Å². The van der Waals surface area contributed by atoms with Gasteiger partial charge in [0.15, 0.2) is 18.1 Å². The first kappa shape index (κ1) is 44.1. The zero-order valence-corrected chi connectivity index (χ0v) is 30.5. The SMILES string of the molecule is CCCCCCCCCCCCCC/C=C/CCCCCCCC[N+](C(CCC)C(=O)O)(C(CCC)C(=O)O)C(CCC)C(=O)O. The molecule has 0 amide bonds. The number of carbonyl (C=O) groups is 3. The number of hydrogen-bond donors (Lipinski definition) is 3. The second kappa shape index (κ2) is 29.3. The Morgan fingerprint density at radius 3 is 1.00 bits per heavy atom. The molecule has 7 heteroatoms. The highest BCUT2D eigenvalue weighted by atomic mass is 16.4. The van der Waals surface area contributed by atoms with Crippen molar-refractivity contribution < 1.29 is 34.2 Å². The Hall–Kier alpha value is -1.89. The molecule has 0 rings (SSSR count). The third-order valence-electron chi connectivity index (χ3n) is 9.84. The highest BCUT2D eigenvalue weighted by Crippen LogP contribution is 2.34. The van der Waals surface area contributed by atoms with Crippen LogP contribution in [0.15, 0.2) is 12.2 Å². The van der Waals surface area contributed by atoms with Gasteiger partial charge in [-0.05, 0) is 57.8 Å². The predicted octanol–water partition coefficient (Wildman–Crippen LogP) is 10.9. The van der Waals surface area contributed by atoms with Gasteiger partial charge in [-0.2, -0.15) is 0 Å². The first-order valence-corrected chi connectivity index (χ1v) is 19.4. The number of aliphatic carboxylic acids is 3. The smallest absolute Gasteiger partial charge is 0.362 e. The molecule has 0 aromatic rings. The highest BCUT2D eigenvalue weighted by Gasteiger charge is 2.56. The molecule has 0 aromatic carbocycles. The summed E-state index contributed by atoms with van der Waals surface area (Å²) >= 11 is 0. The quantitative estimate of drug-likeness (QED) is 0.0362. The molecule has 0 saturated carbocycles. The first-order chi connectivity index (χ1) is 22.2. The molecule has 46 heavy (non-hydrogen) atoms. The topological polar surface area (TPSA) is 112 Å². The average molecular weight is 653 g/mol. The summed E-state index contributed by atoms with van der Waals surface area (Å²) < 4.78 is -0.375. The van der Waals surface area contributed by atoms with Crippen LogP contribution in [0.3, 0.4) is 0 Å². The van der Waals surface area contributed by atoms with Gasteiger partial charge in [-0.15, -0.1) is 0 Å². The fourth-order valence-electron chi connectivity index (χ4n) is 7.34. The maximum absolute atomic E-state index is 12.6. The van der Waals surface area contributed by atoms with E-state index in [-0.39, 0.29) is 30.3 Å². The molecule has 270 valence electrons. The van der Waals surface area contributed by atoms with Gasteiger partial charge in [0.25, 0.3) is 0 Å². The highest BCUT2D eigenvalue weighted by molar-refractivity contribution is 5.78. The number of carboxylic acid groups (broad SMARTS) is 3. The molecule has 7 nitrogen and oxygen atoms in total. The molecule has 0 saturated heterocycles. The Bertz CT molecular complexity index is 738. The van der Waals surface area contributed by atoms with E-state index in [0.717, 1.165) is 38.5 Å². The molecule has 0 bridgehead atoms. The molecule has 0 aliphatic rings. The van der Waals surface area contributed by atoms with E-state index in [1.807, 2.05) is 20.8 Å². The summed E-state index contributed by atoms with van der Waals surface area (Å²) in [6.07, 6.45) is 31.8. The van der Waals surface area contributed by atoms with Crippen LogP contribution in [0.25, 0.3) is 0 Å². The Morgan fingerprint density at radius 1 is 0.435 bits per heavy atom. The zero-order valence-electron chi connectivity index (χ0n) is 30.5. The molecule has 0 spiro atoms. The van der Waals surface area contributed by atoms with Crippen molar-refractivity contribution in [3.8, 4) is 0 Å². The molecule has 3 atom stereocenters. The van der Waals surface area contributed by atoms with Crippen molar-refractivity contribution in [2.45, 2.75) is 213 Å². The molecule has 0 heterocycles. The standard InChI is InChI=1S/C39H73NO6/c1-5-9-10-11-12-13-14-15-16-17-18-19-20-21-22-23-24-25-26-27-28-29-33-40(34(30-6-2)37(41)42,35(31-7-3)38(43)44)36(32-8-4)39(45)46/h21-22,34-36H,5-20,23-33H2,1-4H3,(H2-,41,42,43,44,45,46)/p+1/b22-21+. The van der Waals surface area contributed by atoms with Gasteiger partial charge in [-0.3, -0.25) is 4.48 Å². The molecular formula is C39H74NO6+. The number of nitrogens with zero attached hydrogens (tertiary/aromatic N) is 1. The lowest BCUT2D eigenvalue weighted by Crippen LogP contribution is -2.72. The molecule has 0 radical (unpaired) electrons. The van der Waals surface area contributed by atoms with Crippen LogP contribution in [0.5, 0.6) is 0 Å². The summed E-state index contributed by atoms with van der Waals surface area (Å²) in [4.78, 5) is 37.8. The lowest BCUT2D eigenvalue weighted by atomic mass is 9.91. The maximum Gasteiger partial charge on any atom is 0.362 e. The number of unbranched alkanes of at least 4 members (excludes halogenated alkanes) is 18. The van der Waals surface area contributed by atoms with Gasteiger partial charge in [-0.25, -0.2) is 14.4 Å². The summed E-state index contributed by atoms with van der Waals surface area (Å²) in [5.74, 6) is -3.25. The van der Waals surface area contributed by atoms with E-state index in [4.69, 9.17) is 0 Å². The molecule has 0 aliphatic carbocycles. The summed E-state index contributed by atoms with van der Waals surface area (Å²) in [6.45, 7) is 8.18. The van der Waals surface area contributed by atoms with Gasteiger partial charge in [0.05, 0.1) is 6.54 Å². The average Bonchev–Trinajstić information content (AvgIpc) is 3.02. The maximum atomic E-state index is 12.6. The first-order valence-electron chi connectivity index (χ1n) is 19.4. The van der Waals surface area contributed by atoms with Crippen molar-refractivity contribution in [2.75, 3.05) is 6.54 Å². The second-order valence-corrected chi connectivity index (χ2v) is 13.7. The van der Waals surface area contributed by atoms with E-state index in [9.17, 15) is 29.7 Å². The minimum absolute atomic E-state index is 0.267. The van der Waals surface area contributed by atoms with E-state index in [2.05, 4.69) is 19.1 Å². The zero-order chi connectivity index (χ0) is 34.5. The lowest BCUT2D eigenvalue weighted by molar-refractivity contribution is -0.973. The van der Waals surface area contributed by atoms with Crippen molar-refractivity contribution in [3.05, 3.63) is 12.2 Å². The number of hydrogen-bond acceptors (Lipinski definition) is 3. The largest absolute Gasteiger partial charge is 0.477 e. The van der Waals surface area contributed by atoms with Crippen molar-refractivity contribution in [2.24, 2.45) is 0 Å². The summed E-state index contributed by atoms with van der Waals surface area (Å²) in [6, 6.07) is -3.15. The number of carboxylic acids is 3. The molecule has 3 N–H and O–H groups in total. The molecule has 0 aromatic heterocycles. The number of rotatable bonds is 34. The van der Waals surface area contributed by atoms with Crippen molar-refractivity contribution >= 4 is 17.9 Å². The van der Waals surface area contributed by atoms with Gasteiger partial charge in [-0.1, -0.05) is 130 Å². The van der Waals surface area contributed by atoms with Gasteiger partial charge in [0.2, 0.25) is 0 Å². The van der Waals surface area contributed by atoms with Crippen LogP contribution in [-0.4, -0.2) is 62.4 Å². The van der Waals surface area contributed by atoms with Crippen LogP contribution >= 0.6 is 0 Å². The van der Waals surface area contributed by atoms with E-state index < -0.39 is 36.0 Å². The Balaban J connectivity index is 4.63. The Kier molecular flexibility index (Phi) is 28.1. The van der Waals surface area contributed by atoms with Crippen molar-refractivity contribution in [1.29, 1.82) is 0 Å². The van der Waals surface area contributed by atoms with Gasteiger partial charge in [0, 0.05) is 19.3 Å². The summed E-state index contributed by atoms with van der Waals surface area (Å²) in [7, 11) is 0. The van der Waals surface area contributed by atoms with Crippen LogP contribution in [0.2, 0.25) is 0 Å². The van der Waals surface area contributed by atoms with E-state index in [0.29, 0.717) is 25.7 Å². The molecule has 0 aliphatic heterocycles. The number of allylic oxidation sites excluding steroid dienone is 2. The predicted molar refractivity (Wildman–Crippen MR) is 191 cm³/mol. The van der Waals surface area contributed by atoms with Gasteiger partial charge >= 0.3 is 17.9 Å². The van der Waals surface area contributed by atoms with E-state index in [1.165, 1.54) is 83.5 Å². The van der Waals surface area contributed by atoms with Crippen molar-refractivity contribution in [3.63, 3.8) is 0 Å². The summed E-state index contributed by atoms with van der Waals surface area (Å²) in [5.41, 5.74) is 0. The monoisotopic (exact) mass is 653 g/mol. The Morgan fingerprint density at radius 2 is 0.717 bits per heavy atom. The number of quaternary nitrogens is 1. The third-order valence-corrected chi connectivity index (χ3v) is 9.84. The lowest BCUT2D eigenvalue weighted by Gasteiger charge is -2.50. The van der Waals surface area contributed by atoms with E-state index in [1.54, 1.807) is 0 Å². The minimum atomic E-state index is -1.08. The van der Waals surface area contributed by atoms with Crippen LogP contribution in [0, 0.1) is 0 Å². The summed E-state index contributed by atoms with van der Waals surface area (Å²) in [5, 5.41) is 30.9. The molecule has 3 unspecified atom stereocenters. The van der Waals surface area contributed by atoms with Gasteiger partial charge < -0.3 is 15.3 Å².